The van der Waals surface area contributed by atoms with Gasteiger partial charge in [0.15, 0.2) is 0 Å². The van der Waals surface area contributed by atoms with Crippen molar-refractivity contribution >= 4 is 11.8 Å². The second kappa shape index (κ2) is 6.95. The summed E-state index contributed by atoms with van der Waals surface area (Å²) in [6.07, 6.45) is 4.92. The van der Waals surface area contributed by atoms with Crippen molar-refractivity contribution in [2.24, 2.45) is 5.92 Å². The number of piperazine rings is 1. The molecule has 2 aliphatic rings. The summed E-state index contributed by atoms with van der Waals surface area (Å²) in [7, 11) is 0. The first kappa shape index (κ1) is 15.1. The first-order valence-electron chi connectivity index (χ1n) is 8.34. The Morgan fingerprint density at radius 1 is 0.909 bits per heavy atom. The molecule has 0 spiro atoms. The van der Waals surface area contributed by atoms with E-state index in [1.54, 1.807) is 0 Å². The van der Waals surface area contributed by atoms with Gasteiger partial charge >= 0.3 is 0 Å². The zero-order chi connectivity index (χ0) is 15.4. The molecule has 0 atom stereocenters. The molecule has 1 aliphatic carbocycles. The molecule has 2 fully saturated rings. The number of hydrogen-bond donors (Lipinski definition) is 0. The fourth-order valence-electron chi connectivity index (χ4n) is 3.49. The zero-order valence-electron chi connectivity index (χ0n) is 13.0. The van der Waals surface area contributed by atoms with Gasteiger partial charge in [-0.2, -0.15) is 0 Å². The Morgan fingerprint density at radius 3 is 2.14 bits per heavy atom. The number of hydrogen-bond acceptors (Lipinski definition) is 2. The molecule has 0 aromatic heterocycles. The maximum absolute atomic E-state index is 12.4. The van der Waals surface area contributed by atoms with Crippen LogP contribution in [0.1, 0.15) is 31.2 Å². The molecule has 1 aliphatic heterocycles. The van der Waals surface area contributed by atoms with Crippen LogP contribution < -0.4 is 0 Å². The average Bonchev–Trinajstić information content (AvgIpc) is 3.10. The van der Waals surface area contributed by atoms with E-state index in [-0.39, 0.29) is 11.8 Å². The van der Waals surface area contributed by atoms with Crippen molar-refractivity contribution in [1.29, 1.82) is 0 Å². The summed E-state index contributed by atoms with van der Waals surface area (Å²) >= 11 is 0. The van der Waals surface area contributed by atoms with Crippen molar-refractivity contribution in [3.05, 3.63) is 35.9 Å². The van der Waals surface area contributed by atoms with E-state index in [0.717, 1.165) is 18.4 Å². The Bertz CT molecular complexity index is 515. The molecule has 0 unspecified atom stereocenters. The van der Waals surface area contributed by atoms with Gasteiger partial charge in [0, 0.05) is 32.1 Å². The molecule has 1 aromatic rings. The second-order valence-electron chi connectivity index (χ2n) is 6.35. The van der Waals surface area contributed by atoms with Gasteiger partial charge in [-0.05, 0) is 18.4 Å². The first-order valence-corrected chi connectivity index (χ1v) is 8.34. The van der Waals surface area contributed by atoms with Gasteiger partial charge in [-0.25, -0.2) is 0 Å². The molecule has 22 heavy (non-hydrogen) atoms. The smallest absolute Gasteiger partial charge is 0.227 e. The van der Waals surface area contributed by atoms with Gasteiger partial charge in [0.2, 0.25) is 11.8 Å². The highest BCUT2D eigenvalue weighted by Crippen LogP contribution is 2.26. The predicted molar refractivity (Wildman–Crippen MR) is 85.3 cm³/mol. The van der Waals surface area contributed by atoms with E-state index in [1.807, 2.05) is 40.1 Å². The summed E-state index contributed by atoms with van der Waals surface area (Å²) in [6, 6.07) is 9.85. The van der Waals surface area contributed by atoms with E-state index in [1.165, 1.54) is 12.8 Å². The van der Waals surface area contributed by atoms with E-state index >= 15 is 0 Å². The average molecular weight is 300 g/mol. The zero-order valence-corrected chi connectivity index (χ0v) is 13.0. The third-order valence-corrected chi connectivity index (χ3v) is 4.85. The largest absolute Gasteiger partial charge is 0.339 e. The third-order valence-electron chi connectivity index (χ3n) is 4.85. The lowest BCUT2D eigenvalue weighted by atomic mass is 10.1. The van der Waals surface area contributed by atoms with Gasteiger partial charge in [-0.3, -0.25) is 9.59 Å². The van der Waals surface area contributed by atoms with E-state index < -0.39 is 0 Å². The highest BCUT2D eigenvalue weighted by atomic mass is 16.2. The summed E-state index contributed by atoms with van der Waals surface area (Å²) in [6.45, 7) is 2.72. The van der Waals surface area contributed by atoms with Crippen molar-refractivity contribution < 1.29 is 9.59 Å². The highest BCUT2D eigenvalue weighted by Gasteiger charge is 2.30. The lowest BCUT2D eigenvalue weighted by Gasteiger charge is -2.36. The highest BCUT2D eigenvalue weighted by molar-refractivity contribution is 5.81. The molecule has 3 rings (SSSR count). The van der Waals surface area contributed by atoms with Crippen LogP contribution in [0.25, 0.3) is 0 Å². The molecule has 1 heterocycles. The number of rotatable bonds is 3. The minimum Gasteiger partial charge on any atom is -0.339 e. The van der Waals surface area contributed by atoms with Gasteiger partial charge in [-0.1, -0.05) is 43.2 Å². The fraction of sp³-hybridized carbons (Fsp3) is 0.556. The summed E-state index contributed by atoms with van der Waals surface area (Å²) in [5, 5.41) is 0. The van der Waals surface area contributed by atoms with Crippen LogP contribution in [-0.4, -0.2) is 47.8 Å². The molecule has 4 nitrogen and oxygen atoms in total. The molecule has 0 N–H and O–H groups in total. The summed E-state index contributed by atoms with van der Waals surface area (Å²) in [5.74, 6) is 0.721. The maximum Gasteiger partial charge on any atom is 0.227 e. The minimum absolute atomic E-state index is 0.166. The van der Waals surface area contributed by atoms with E-state index in [0.29, 0.717) is 38.5 Å². The Balaban J connectivity index is 1.48. The van der Waals surface area contributed by atoms with Crippen LogP contribution in [0.4, 0.5) is 0 Å². The van der Waals surface area contributed by atoms with Gasteiger partial charge in [0.25, 0.3) is 0 Å². The lowest BCUT2D eigenvalue weighted by Crippen LogP contribution is -2.52. The Morgan fingerprint density at radius 2 is 1.50 bits per heavy atom. The quantitative estimate of drug-likeness (QED) is 0.857. The second-order valence-corrected chi connectivity index (χ2v) is 6.35. The van der Waals surface area contributed by atoms with Gasteiger partial charge < -0.3 is 9.80 Å². The van der Waals surface area contributed by atoms with E-state index in [2.05, 4.69) is 0 Å². The number of amides is 2. The molecule has 4 heteroatoms. The Hall–Kier alpha value is -1.84. The Kier molecular flexibility index (Phi) is 4.76. The molecule has 118 valence electrons. The fourth-order valence-corrected chi connectivity index (χ4v) is 3.49. The summed E-state index contributed by atoms with van der Waals surface area (Å²) < 4.78 is 0. The van der Waals surface area contributed by atoms with E-state index in [4.69, 9.17) is 0 Å². The van der Waals surface area contributed by atoms with Crippen molar-refractivity contribution in [2.45, 2.75) is 32.1 Å². The molecule has 1 saturated heterocycles. The number of benzene rings is 1. The Labute approximate surface area is 132 Å². The van der Waals surface area contributed by atoms with Crippen molar-refractivity contribution in [1.82, 2.24) is 9.80 Å². The normalized spacial score (nSPS) is 19.5. The summed E-state index contributed by atoms with van der Waals surface area (Å²) in [5.41, 5.74) is 1.05. The molecule has 1 aromatic carbocycles. The van der Waals surface area contributed by atoms with Gasteiger partial charge in [0.05, 0.1) is 6.42 Å². The van der Waals surface area contributed by atoms with Gasteiger partial charge in [-0.15, -0.1) is 0 Å². The van der Waals surface area contributed by atoms with Crippen molar-refractivity contribution in [3.63, 3.8) is 0 Å². The minimum atomic E-state index is 0.166. The molecule has 0 bridgehead atoms. The van der Waals surface area contributed by atoms with Crippen LogP contribution in [0.3, 0.4) is 0 Å². The SMILES string of the molecule is O=C(Cc1ccccc1)N1CCN(C(=O)C2CCCC2)CC1. The van der Waals surface area contributed by atoms with Crippen LogP contribution in [0.15, 0.2) is 30.3 Å². The molecular weight excluding hydrogens is 276 g/mol. The summed E-state index contributed by atoms with van der Waals surface area (Å²) in [4.78, 5) is 28.6. The third kappa shape index (κ3) is 3.49. The number of carbonyl (C=O) groups excluding carboxylic acids is 2. The standard InChI is InChI=1S/C18H24N2O2/c21-17(14-15-6-2-1-3-7-15)19-10-12-20(13-11-19)18(22)16-8-4-5-9-16/h1-3,6-7,16H,4-5,8-14H2. The first-order chi connectivity index (χ1) is 10.7. The van der Waals surface area contributed by atoms with Crippen LogP contribution in [-0.2, 0) is 16.0 Å². The predicted octanol–water partition coefficient (Wildman–Crippen LogP) is 2.09. The van der Waals surface area contributed by atoms with Gasteiger partial charge in [0.1, 0.15) is 0 Å². The number of nitrogens with zero attached hydrogens (tertiary/aromatic N) is 2. The molecule has 0 radical (unpaired) electrons. The lowest BCUT2D eigenvalue weighted by molar-refractivity contribution is -0.141. The monoisotopic (exact) mass is 300 g/mol. The molecular formula is C18H24N2O2. The molecule has 1 saturated carbocycles. The maximum atomic E-state index is 12.4. The van der Waals surface area contributed by atoms with Crippen molar-refractivity contribution in [3.8, 4) is 0 Å². The van der Waals surface area contributed by atoms with Crippen molar-refractivity contribution in [2.75, 3.05) is 26.2 Å². The van der Waals surface area contributed by atoms with Crippen LogP contribution >= 0.6 is 0 Å². The topological polar surface area (TPSA) is 40.6 Å². The van der Waals surface area contributed by atoms with Crippen LogP contribution in [0, 0.1) is 5.92 Å². The van der Waals surface area contributed by atoms with Crippen LogP contribution in [0.2, 0.25) is 0 Å². The van der Waals surface area contributed by atoms with E-state index in [9.17, 15) is 9.59 Å². The van der Waals surface area contributed by atoms with Crippen LogP contribution in [0.5, 0.6) is 0 Å². The molecule has 2 amide bonds. The number of carbonyl (C=O) groups is 2.